The van der Waals surface area contributed by atoms with Crippen molar-refractivity contribution >= 4 is 17.7 Å². The van der Waals surface area contributed by atoms with Crippen LogP contribution in [-0.2, 0) is 6.54 Å². The summed E-state index contributed by atoms with van der Waals surface area (Å²) in [5.74, 6) is 1.31. The first-order chi connectivity index (χ1) is 9.74. The topological polar surface area (TPSA) is 34.1 Å². The van der Waals surface area contributed by atoms with Crippen LogP contribution in [0, 0.1) is 0 Å². The summed E-state index contributed by atoms with van der Waals surface area (Å²) in [6.07, 6.45) is 3.98. The molecule has 0 spiro atoms. The van der Waals surface area contributed by atoms with Crippen molar-refractivity contribution < 1.29 is 4.74 Å². The summed E-state index contributed by atoms with van der Waals surface area (Å²) in [7, 11) is 1.85. The SMILES string of the molecule is CC=Cc1ccccc1Oc1ccc(Cl)c(CNC)n1. The Balaban J connectivity index is 2.28. The monoisotopic (exact) mass is 288 g/mol. The van der Waals surface area contributed by atoms with Crippen molar-refractivity contribution in [3.8, 4) is 11.6 Å². The number of para-hydroxylation sites is 1. The molecule has 1 heterocycles. The lowest BCUT2D eigenvalue weighted by atomic mass is 10.2. The third kappa shape index (κ3) is 3.59. The number of hydrogen-bond acceptors (Lipinski definition) is 3. The molecule has 1 N–H and O–H groups in total. The van der Waals surface area contributed by atoms with Crippen molar-refractivity contribution in [3.63, 3.8) is 0 Å². The molecule has 2 aromatic rings. The quantitative estimate of drug-likeness (QED) is 0.892. The molecule has 0 atom stereocenters. The van der Waals surface area contributed by atoms with Gasteiger partial charge >= 0.3 is 0 Å². The Labute approximate surface area is 124 Å². The van der Waals surface area contributed by atoms with E-state index in [2.05, 4.69) is 10.3 Å². The Hall–Kier alpha value is -1.84. The van der Waals surface area contributed by atoms with Crippen LogP contribution in [0.5, 0.6) is 11.6 Å². The molecule has 0 radical (unpaired) electrons. The number of aromatic nitrogens is 1. The summed E-state index contributed by atoms with van der Waals surface area (Å²) in [6.45, 7) is 2.58. The summed E-state index contributed by atoms with van der Waals surface area (Å²) < 4.78 is 5.86. The minimum Gasteiger partial charge on any atom is -0.438 e. The van der Waals surface area contributed by atoms with E-state index in [1.807, 2.05) is 50.4 Å². The molecule has 20 heavy (non-hydrogen) atoms. The number of rotatable bonds is 5. The fourth-order valence-corrected chi connectivity index (χ4v) is 1.99. The molecule has 0 saturated heterocycles. The molecular weight excluding hydrogens is 272 g/mol. The van der Waals surface area contributed by atoms with E-state index < -0.39 is 0 Å². The highest BCUT2D eigenvalue weighted by Gasteiger charge is 2.06. The number of halogens is 1. The number of ether oxygens (including phenoxy) is 1. The van der Waals surface area contributed by atoms with Crippen LogP contribution in [0.4, 0.5) is 0 Å². The van der Waals surface area contributed by atoms with E-state index in [4.69, 9.17) is 16.3 Å². The van der Waals surface area contributed by atoms with Crippen LogP contribution >= 0.6 is 11.6 Å². The van der Waals surface area contributed by atoms with Gasteiger partial charge in [0.05, 0.1) is 10.7 Å². The molecule has 1 aromatic carbocycles. The fraction of sp³-hybridized carbons (Fsp3) is 0.188. The lowest BCUT2D eigenvalue weighted by Crippen LogP contribution is -2.08. The van der Waals surface area contributed by atoms with Crippen molar-refractivity contribution in [1.29, 1.82) is 0 Å². The molecule has 0 amide bonds. The molecule has 2 rings (SSSR count). The van der Waals surface area contributed by atoms with Crippen molar-refractivity contribution in [2.45, 2.75) is 13.5 Å². The maximum absolute atomic E-state index is 6.09. The number of nitrogens with zero attached hydrogens (tertiary/aromatic N) is 1. The minimum absolute atomic E-state index is 0.539. The maximum Gasteiger partial charge on any atom is 0.219 e. The number of pyridine rings is 1. The van der Waals surface area contributed by atoms with E-state index in [1.54, 1.807) is 12.1 Å². The predicted molar refractivity (Wildman–Crippen MR) is 83.2 cm³/mol. The Bertz CT molecular complexity index is 611. The zero-order chi connectivity index (χ0) is 14.4. The van der Waals surface area contributed by atoms with Gasteiger partial charge in [-0.2, -0.15) is 0 Å². The largest absolute Gasteiger partial charge is 0.438 e. The molecule has 0 bridgehead atoms. The maximum atomic E-state index is 6.09. The lowest BCUT2D eigenvalue weighted by molar-refractivity contribution is 0.459. The van der Waals surface area contributed by atoms with Crippen LogP contribution in [0.3, 0.4) is 0 Å². The van der Waals surface area contributed by atoms with Crippen molar-refractivity contribution in [2.24, 2.45) is 0 Å². The van der Waals surface area contributed by atoms with Crippen LogP contribution in [0.25, 0.3) is 6.08 Å². The zero-order valence-corrected chi connectivity index (χ0v) is 12.3. The molecule has 1 aromatic heterocycles. The van der Waals surface area contributed by atoms with E-state index in [-0.39, 0.29) is 0 Å². The molecule has 0 aliphatic rings. The number of benzene rings is 1. The second-order valence-electron chi connectivity index (χ2n) is 4.25. The number of nitrogens with one attached hydrogen (secondary N) is 1. The first kappa shape index (κ1) is 14.6. The van der Waals surface area contributed by atoms with Gasteiger partial charge in [0.25, 0.3) is 0 Å². The molecule has 0 unspecified atom stereocenters. The van der Waals surface area contributed by atoms with Crippen LogP contribution in [0.1, 0.15) is 18.2 Å². The van der Waals surface area contributed by atoms with Crippen molar-refractivity contribution in [2.75, 3.05) is 7.05 Å². The smallest absolute Gasteiger partial charge is 0.219 e. The molecule has 0 fully saturated rings. The number of hydrogen-bond donors (Lipinski definition) is 1. The van der Waals surface area contributed by atoms with Crippen LogP contribution in [-0.4, -0.2) is 12.0 Å². The van der Waals surface area contributed by atoms with E-state index >= 15 is 0 Å². The van der Waals surface area contributed by atoms with Crippen molar-refractivity contribution in [1.82, 2.24) is 10.3 Å². The van der Waals surface area contributed by atoms with Gasteiger partial charge in [0, 0.05) is 18.2 Å². The second kappa shape index (κ2) is 7.08. The number of allylic oxidation sites excluding steroid dienone is 1. The van der Waals surface area contributed by atoms with Gasteiger partial charge in [-0.3, -0.25) is 0 Å². The molecule has 0 aliphatic heterocycles. The highest BCUT2D eigenvalue weighted by atomic mass is 35.5. The molecule has 4 heteroatoms. The van der Waals surface area contributed by atoms with Crippen LogP contribution < -0.4 is 10.1 Å². The first-order valence-corrected chi connectivity index (χ1v) is 6.82. The molecule has 3 nitrogen and oxygen atoms in total. The lowest BCUT2D eigenvalue weighted by Gasteiger charge is -2.10. The Kier molecular flexibility index (Phi) is 5.16. The third-order valence-corrected chi connectivity index (χ3v) is 3.06. The molecule has 0 saturated carbocycles. The zero-order valence-electron chi connectivity index (χ0n) is 11.6. The van der Waals surface area contributed by atoms with E-state index in [0.29, 0.717) is 17.4 Å². The summed E-state index contributed by atoms with van der Waals surface area (Å²) in [5.41, 5.74) is 1.79. The van der Waals surface area contributed by atoms with Gasteiger partial charge in [-0.15, -0.1) is 0 Å². The minimum atomic E-state index is 0.539. The average Bonchev–Trinajstić information content (AvgIpc) is 2.45. The summed E-state index contributed by atoms with van der Waals surface area (Å²) in [6, 6.07) is 11.4. The van der Waals surface area contributed by atoms with Gasteiger partial charge in [-0.05, 0) is 26.1 Å². The van der Waals surface area contributed by atoms with Crippen molar-refractivity contribution in [3.05, 3.63) is 58.8 Å². The first-order valence-electron chi connectivity index (χ1n) is 6.44. The summed E-state index contributed by atoms with van der Waals surface area (Å²) in [5, 5.41) is 3.67. The van der Waals surface area contributed by atoms with E-state index in [1.165, 1.54) is 0 Å². The van der Waals surface area contributed by atoms with Gasteiger partial charge in [0.2, 0.25) is 5.88 Å². The normalized spacial score (nSPS) is 10.9. The van der Waals surface area contributed by atoms with E-state index in [0.717, 1.165) is 17.0 Å². The van der Waals surface area contributed by atoms with Gasteiger partial charge in [0.15, 0.2) is 0 Å². The molecular formula is C16H17ClN2O. The van der Waals surface area contributed by atoms with Gasteiger partial charge in [-0.1, -0.05) is 42.0 Å². The summed E-state index contributed by atoms with van der Waals surface area (Å²) >= 11 is 6.09. The van der Waals surface area contributed by atoms with Gasteiger partial charge < -0.3 is 10.1 Å². The predicted octanol–water partition coefficient (Wildman–Crippen LogP) is 4.28. The van der Waals surface area contributed by atoms with Crippen LogP contribution in [0.15, 0.2) is 42.5 Å². The van der Waals surface area contributed by atoms with Crippen LogP contribution in [0.2, 0.25) is 5.02 Å². The fourth-order valence-electron chi connectivity index (χ4n) is 1.82. The molecule has 0 aliphatic carbocycles. The Morgan fingerprint density at radius 1 is 1.25 bits per heavy atom. The Morgan fingerprint density at radius 2 is 2.05 bits per heavy atom. The third-order valence-electron chi connectivity index (χ3n) is 2.72. The second-order valence-corrected chi connectivity index (χ2v) is 4.66. The molecule has 104 valence electrons. The standard InChI is InChI=1S/C16H17ClN2O/c1-3-6-12-7-4-5-8-15(12)20-16-10-9-13(17)14(19-16)11-18-2/h3-10,18H,11H2,1-2H3. The van der Waals surface area contributed by atoms with Gasteiger partial charge in [-0.25, -0.2) is 4.98 Å². The highest BCUT2D eigenvalue weighted by molar-refractivity contribution is 6.31. The van der Waals surface area contributed by atoms with E-state index in [9.17, 15) is 0 Å². The summed E-state index contributed by atoms with van der Waals surface area (Å²) in [4.78, 5) is 4.42. The Morgan fingerprint density at radius 3 is 2.80 bits per heavy atom. The highest BCUT2D eigenvalue weighted by Crippen LogP contribution is 2.26. The van der Waals surface area contributed by atoms with Gasteiger partial charge in [0.1, 0.15) is 5.75 Å². The average molecular weight is 289 g/mol.